The van der Waals surface area contributed by atoms with Gasteiger partial charge in [-0.1, -0.05) is 0 Å². The second-order valence-electron chi connectivity index (χ2n) is 0. The van der Waals surface area contributed by atoms with Crippen molar-refractivity contribution in [3.8, 4) is 0 Å². The molecule has 0 amide bonds. The zero-order valence-corrected chi connectivity index (χ0v) is 6.96. The summed E-state index contributed by atoms with van der Waals surface area (Å²) in [4.78, 5) is 0. The van der Waals surface area contributed by atoms with E-state index >= 15 is 0 Å². The van der Waals surface area contributed by atoms with Crippen LogP contribution < -0.4 is 0 Å². The topological polar surface area (TPSA) is 0 Å². The summed E-state index contributed by atoms with van der Waals surface area (Å²) in [5.41, 5.74) is 0. The van der Waals surface area contributed by atoms with E-state index < -0.39 is 0 Å². The Balaban J connectivity index is 0. The fourth-order valence-corrected chi connectivity index (χ4v) is 0. The predicted octanol–water partition coefficient (Wildman–Crippen LogP) is 1.80. The number of rotatable bonds is 0. The minimum atomic E-state index is 0. The Morgan fingerprint density at radius 1 is 0.600 bits per heavy atom. The van der Waals surface area contributed by atoms with Crippen LogP contribution in [0.2, 0.25) is 0 Å². The van der Waals surface area contributed by atoms with E-state index in [4.69, 9.17) is 0 Å². The summed E-state index contributed by atoms with van der Waals surface area (Å²) in [7, 11) is 0. The van der Waals surface area contributed by atoms with E-state index in [1.165, 1.54) is 0 Å². The first kappa shape index (κ1) is 67.5. The Hall–Kier alpha value is 1.87. The van der Waals surface area contributed by atoms with Gasteiger partial charge in [-0.05, 0) is 0 Å². The summed E-state index contributed by atoms with van der Waals surface area (Å²) in [6, 6.07) is 0. The summed E-state index contributed by atoms with van der Waals surface area (Å²) in [5.74, 6) is 0. The third kappa shape index (κ3) is 25.1. The molecule has 0 aromatic heterocycles. The third-order valence-electron chi connectivity index (χ3n) is 0. The van der Waals surface area contributed by atoms with Gasteiger partial charge in [0.25, 0.3) is 0 Å². The molecule has 0 aliphatic carbocycles. The number of hydrogen-bond acceptors (Lipinski definition) is 0. The molecule has 0 aromatic carbocycles. The maximum atomic E-state index is 0. The van der Waals surface area contributed by atoms with Crippen LogP contribution in [0.4, 0.5) is 0 Å². The zero-order chi connectivity index (χ0) is 0. The van der Waals surface area contributed by atoms with Crippen LogP contribution in [0.3, 0.4) is 0 Å². The van der Waals surface area contributed by atoms with Crippen molar-refractivity contribution < 1.29 is 23.1 Å². The maximum absolute atomic E-state index is 0. The van der Waals surface area contributed by atoms with Crippen LogP contribution in [0.1, 0.15) is 1.43 Å². The molecule has 0 fully saturated rings. The van der Waals surface area contributed by atoms with E-state index in [0.717, 1.165) is 0 Å². The Labute approximate surface area is 72.5 Å². The predicted molar refractivity (Wildman–Crippen MR) is 30.1 cm³/mol. The molecule has 0 aromatic rings. The van der Waals surface area contributed by atoms with Crippen molar-refractivity contribution in [2.45, 2.75) is 0 Å². The van der Waals surface area contributed by atoms with Gasteiger partial charge in [0, 0.05) is 21.7 Å². The fourth-order valence-electron chi connectivity index (χ4n) is 0. The molecule has 0 saturated heterocycles. The van der Waals surface area contributed by atoms with Crippen molar-refractivity contribution in [3.05, 3.63) is 0 Å². The van der Waals surface area contributed by atoms with E-state index in [-0.39, 0.29) is 72.8 Å². The van der Waals surface area contributed by atoms with Gasteiger partial charge in [-0.15, -0.1) is 49.6 Å². The van der Waals surface area contributed by atoms with Crippen molar-refractivity contribution >= 4 is 49.6 Å². The standard InChI is InChI=1S/4ClH.Ti/h4*1H;/p+1. The third-order valence-corrected chi connectivity index (χ3v) is 0. The van der Waals surface area contributed by atoms with Crippen LogP contribution in [0.15, 0.2) is 0 Å². The van der Waals surface area contributed by atoms with Crippen molar-refractivity contribution in [2.75, 3.05) is 0 Å². The van der Waals surface area contributed by atoms with Gasteiger partial charge in [0.1, 0.15) is 0 Å². The molecule has 0 nitrogen and oxygen atoms in total. The van der Waals surface area contributed by atoms with Crippen molar-refractivity contribution in [1.29, 1.82) is 0 Å². The van der Waals surface area contributed by atoms with E-state index in [1.807, 2.05) is 0 Å². The van der Waals surface area contributed by atoms with E-state index in [0.29, 0.717) is 0 Å². The van der Waals surface area contributed by atoms with Gasteiger partial charge in [-0.3, -0.25) is 0 Å². The van der Waals surface area contributed by atoms with Gasteiger partial charge in [-0.2, -0.15) is 0 Å². The van der Waals surface area contributed by atoms with Gasteiger partial charge in [0.15, 0.2) is 0 Å². The molecule has 0 saturated carbocycles. The van der Waals surface area contributed by atoms with Crippen LogP contribution in [0.25, 0.3) is 0 Å². The molecule has 5 heavy (non-hydrogen) atoms. The normalized spacial score (nSPS) is 0. The summed E-state index contributed by atoms with van der Waals surface area (Å²) in [5, 5.41) is 0. The largest absolute Gasteiger partial charge is 1.00 e. The fraction of sp³-hybridized carbons (Fsp3) is 0. The van der Waals surface area contributed by atoms with Crippen LogP contribution in [-0.2, 0) is 21.7 Å². The molecule has 0 atom stereocenters. The van der Waals surface area contributed by atoms with Crippen LogP contribution in [0, 0.1) is 0 Å². The van der Waals surface area contributed by atoms with Gasteiger partial charge < -0.3 is 0 Å². The molecule has 0 rings (SSSR count). The second-order valence-corrected chi connectivity index (χ2v) is 0. The molecule has 5 heteroatoms. The molecule has 0 bridgehead atoms. The van der Waals surface area contributed by atoms with Gasteiger partial charge >= 0.3 is 1.43 Å². The Bertz CT molecular complexity index is 7.51. The average molecular weight is 195 g/mol. The summed E-state index contributed by atoms with van der Waals surface area (Å²) < 4.78 is 0. The summed E-state index contributed by atoms with van der Waals surface area (Å²) in [6.45, 7) is 0. The van der Waals surface area contributed by atoms with Crippen LogP contribution >= 0.6 is 49.6 Å². The molecule has 0 aliphatic heterocycles. The Morgan fingerprint density at radius 3 is 0.600 bits per heavy atom. The van der Waals surface area contributed by atoms with Gasteiger partial charge in [0.2, 0.25) is 0 Å². The SMILES string of the molecule is Cl.Cl.Cl.Cl.[H+].[Ti]. The minimum Gasteiger partial charge on any atom is -0.147 e. The molecule has 0 N–H and O–H groups in total. The zero-order valence-electron chi connectivity index (χ0n) is 3.13. The van der Waals surface area contributed by atoms with E-state index in [1.54, 1.807) is 0 Å². The first-order valence-electron chi connectivity index (χ1n) is 0. The van der Waals surface area contributed by atoms with E-state index in [9.17, 15) is 0 Å². The average Bonchev–Trinajstić information content (AvgIpc) is 0. The van der Waals surface area contributed by atoms with Crippen LogP contribution in [-0.4, -0.2) is 0 Å². The first-order valence-corrected chi connectivity index (χ1v) is 0. The molecule has 36 valence electrons. The maximum Gasteiger partial charge on any atom is 1.00 e. The summed E-state index contributed by atoms with van der Waals surface area (Å²) >= 11 is 0. The molecular formula is H5Cl4Ti+. The van der Waals surface area contributed by atoms with Gasteiger partial charge in [-0.25, -0.2) is 0 Å². The number of halogens is 4. The Morgan fingerprint density at radius 2 is 0.600 bits per heavy atom. The van der Waals surface area contributed by atoms with Crippen molar-refractivity contribution in [2.24, 2.45) is 0 Å². The molecular weight excluding hydrogens is 190 g/mol. The van der Waals surface area contributed by atoms with E-state index in [2.05, 4.69) is 0 Å². The molecule has 0 unspecified atom stereocenters. The molecule has 0 aliphatic rings. The van der Waals surface area contributed by atoms with Crippen LogP contribution in [0.5, 0.6) is 0 Å². The number of hydrogen-bond donors (Lipinski definition) is 0. The minimum absolute atomic E-state index is 0. The quantitative estimate of drug-likeness (QED) is 0.516. The van der Waals surface area contributed by atoms with Crippen molar-refractivity contribution in [3.63, 3.8) is 0 Å². The Kier molecular flexibility index (Phi) is 537. The second kappa shape index (κ2) is 39.7. The molecule has 0 radical (unpaired) electrons. The smallest absolute Gasteiger partial charge is 0.147 e. The monoisotopic (exact) mass is 193 g/mol. The first-order chi connectivity index (χ1) is 0. The summed E-state index contributed by atoms with van der Waals surface area (Å²) in [6.07, 6.45) is 0. The molecule has 0 spiro atoms. The van der Waals surface area contributed by atoms with Crippen molar-refractivity contribution in [1.82, 2.24) is 0 Å². The van der Waals surface area contributed by atoms with Gasteiger partial charge in [0.05, 0.1) is 0 Å². The molecule has 0 heterocycles.